The topological polar surface area (TPSA) is 78.6 Å². The molecule has 0 N–H and O–H groups in total. The molecule has 0 aliphatic carbocycles. The summed E-state index contributed by atoms with van der Waals surface area (Å²) < 4.78 is 8.13. The number of rotatable bonds is 6. The molecule has 2 aliphatic heterocycles. The number of aromatic nitrogens is 1. The van der Waals surface area contributed by atoms with E-state index in [0.29, 0.717) is 40.0 Å². The maximum atomic E-state index is 13.7. The van der Waals surface area contributed by atoms with Crippen LogP contribution in [-0.4, -0.2) is 45.0 Å². The molecule has 9 heteroatoms. The molecule has 0 bridgehead atoms. The second-order valence-electron chi connectivity index (χ2n) is 9.61. The van der Waals surface area contributed by atoms with Gasteiger partial charge in [-0.05, 0) is 51.3 Å². The molecule has 4 rings (SSSR count). The summed E-state index contributed by atoms with van der Waals surface area (Å²) in [6.07, 6.45) is 2.50. The Balaban J connectivity index is 1.87. The van der Waals surface area contributed by atoms with Crippen LogP contribution >= 0.6 is 24.0 Å². The fourth-order valence-electron chi connectivity index (χ4n) is 5.09. The quantitative estimate of drug-likeness (QED) is 0.379. The van der Waals surface area contributed by atoms with Crippen molar-refractivity contribution in [2.24, 2.45) is 0 Å². The van der Waals surface area contributed by atoms with Crippen molar-refractivity contribution in [3.05, 3.63) is 67.8 Å². The van der Waals surface area contributed by atoms with Gasteiger partial charge >= 0.3 is 0 Å². The van der Waals surface area contributed by atoms with Gasteiger partial charge in [-0.2, -0.15) is 5.26 Å². The van der Waals surface area contributed by atoms with Crippen molar-refractivity contribution in [3.8, 4) is 6.07 Å². The van der Waals surface area contributed by atoms with E-state index in [9.17, 15) is 14.9 Å². The van der Waals surface area contributed by atoms with Crippen LogP contribution < -0.4 is 10.5 Å². The van der Waals surface area contributed by atoms with Crippen LogP contribution in [0.5, 0.6) is 0 Å². The number of ether oxygens (including phenoxy) is 1. The Morgan fingerprint density at radius 2 is 1.86 bits per heavy atom. The van der Waals surface area contributed by atoms with Gasteiger partial charge in [0.05, 0.1) is 23.2 Å². The average Bonchev–Trinajstić information content (AvgIpc) is 3.14. The van der Waals surface area contributed by atoms with E-state index in [1.54, 1.807) is 16.4 Å². The van der Waals surface area contributed by atoms with Crippen LogP contribution in [0.15, 0.2) is 40.0 Å². The molecular weight excluding hydrogens is 504 g/mol. The summed E-state index contributed by atoms with van der Waals surface area (Å²) in [6, 6.07) is 11.7. The molecule has 1 amide bonds. The number of amides is 1. The number of benzene rings is 1. The molecule has 37 heavy (non-hydrogen) atoms. The first-order valence-corrected chi connectivity index (χ1v) is 13.8. The molecule has 3 atom stereocenters. The van der Waals surface area contributed by atoms with Gasteiger partial charge in [0.15, 0.2) is 0 Å². The van der Waals surface area contributed by atoms with Gasteiger partial charge in [-0.25, -0.2) is 0 Å². The zero-order valence-corrected chi connectivity index (χ0v) is 23.5. The van der Waals surface area contributed by atoms with Crippen LogP contribution in [-0.2, 0) is 16.1 Å². The van der Waals surface area contributed by atoms with Gasteiger partial charge in [0.2, 0.25) is 0 Å². The second kappa shape index (κ2) is 11.2. The molecule has 0 saturated carbocycles. The molecule has 2 saturated heterocycles. The highest BCUT2D eigenvalue weighted by atomic mass is 32.2. The highest BCUT2D eigenvalue weighted by molar-refractivity contribution is 8.26. The molecular formula is C28H32N4O3S2. The molecule has 0 spiro atoms. The molecule has 2 aliphatic rings. The molecule has 7 nitrogen and oxygen atoms in total. The Morgan fingerprint density at radius 1 is 1.22 bits per heavy atom. The third-order valence-corrected chi connectivity index (χ3v) is 8.11. The minimum atomic E-state index is -0.300. The first-order valence-electron chi connectivity index (χ1n) is 12.6. The fraction of sp³-hybridized carbons (Fsp3) is 0.429. The standard InChI is InChI=1S/C28H32N4O3S2/c1-6-12-31-25(30-15-17(2)35-18(3)16-30)22(19(4)23(14-29)26(31)33)13-24-27(34)32(28(36)37-24)20(5)21-10-8-7-9-11-21/h7-11,13,17-18,20H,6,12,15-16H2,1-5H3. The lowest BCUT2D eigenvalue weighted by molar-refractivity contribution is -0.123. The number of carbonyl (C=O) groups is 1. The number of hydrogen-bond acceptors (Lipinski definition) is 7. The van der Waals surface area contributed by atoms with Crippen LogP contribution in [0.25, 0.3) is 6.08 Å². The van der Waals surface area contributed by atoms with Crippen molar-refractivity contribution in [3.63, 3.8) is 0 Å². The monoisotopic (exact) mass is 536 g/mol. The van der Waals surface area contributed by atoms with Crippen molar-refractivity contribution < 1.29 is 9.53 Å². The predicted octanol–water partition coefficient (Wildman–Crippen LogP) is 5.01. The summed E-state index contributed by atoms with van der Waals surface area (Å²) in [4.78, 5) is 31.3. The summed E-state index contributed by atoms with van der Waals surface area (Å²) in [5.41, 5.74) is 2.08. The average molecular weight is 537 g/mol. The van der Waals surface area contributed by atoms with E-state index in [0.717, 1.165) is 17.8 Å². The van der Waals surface area contributed by atoms with Gasteiger partial charge in [-0.1, -0.05) is 61.2 Å². The molecule has 2 aromatic rings. The highest BCUT2D eigenvalue weighted by Crippen LogP contribution is 2.40. The number of carbonyl (C=O) groups excluding carboxylic acids is 1. The van der Waals surface area contributed by atoms with E-state index in [-0.39, 0.29) is 35.3 Å². The van der Waals surface area contributed by atoms with Crippen molar-refractivity contribution >= 4 is 46.1 Å². The minimum absolute atomic E-state index is 0.0253. The SMILES string of the molecule is CCCn1c(N2CC(C)OC(C)C2)c(C=C2SC(=S)N(C(C)c3ccccc3)C2=O)c(C)c(C#N)c1=O. The lowest BCUT2D eigenvalue weighted by atomic mass is 10.0. The molecule has 2 fully saturated rings. The number of morpholine rings is 1. The summed E-state index contributed by atoms with van der Waals surface area (Å²) in [7, 11) is 0. The molecule has 1 aromatic heterocycles. The number of hydrogen-bond donors (Lipinski definition) is 0. The van der Waals surface area contributed by atoms with E-state index in [2.05, 4.69) is 11.0 Å². The van der Waals surface area contributed by atoms with Crippen molar-refractivity contribution in [1.82, 2.24) is 9.47 Å². The van der Waals surface area contributed by atoms with Gasteiger partial charge in [-0.15, -0.1) is 0 Å². The maximum Gasteiger partial charge on any atom is 0.270 e. The molecule has 1 aromatic carbocycles. The first-order chi connectivity index (χ1) is 17.7. The number of pyridine rings is 1. The number of nitriles is 1. The van der Waals surface area contributed by atoms with Gasteiger partial charge in [0.25, 0.3) is 11.5 Å². The van der Waals surface area contributed by atoms with E-state index in [1.165, 1.54) is 11.8 Å². The first kappa shape index (κ1) is 27.1. The summed E-state index contributed by atoms with van der Waals surface area (Å²) >= 11 is 6.90. The lowest BCUT2D eigenvalue weighted by Crippen LogP contribution is -2.48. The Labute approximate surface area is 227 Å². The Morgan fingerprint density at radius 3 is 2.46 bits per heavy atom. The van der Waals surface area contributed by atoms with Gasteiger partial charge in [-0.3, -0.25) is 19.1 Å². The van der Waals surface area contributed by atoms with E-state index in [1.807, 2.05) is 64.1 Å². The normalized spacial score (nSPS) is 22.0. The van der Waals surface area contributed by atoms with Crippen LogP contribution in [0.3, 0.4) is 0 Å². The Bertz CT molecular complexity index is 1340. The molecule has 3 heterocycles. The van der Waals surface area contributed by atoms with Gasteiger partial charge in [0, 0.05) is 25.2 Å². The lowest BCUT2D eigenvalue weighted by Gasteiger charge is -2.39. The zero-order valence-electron chi connectivity index (χ0n) is 21.9. The molecule has 0 radical (unpaired) electrons. The third-order valence-electron chi connectivity index (χ3n) is 6.78. The third kappa shape index (κ3) is 5.24. The second-order valence-corrected chi connectivity index (χ2v) is 11.3. The fourth-order valence-corrected chi connectivity index (χ4v) is 6.49. The predicted molar refractivity (Wildman–Crippen MR) is 153 cm³/mol. The molecule has 3 unspecified atom stereocenters. The molecule has 194 valence electrons. The number of anilines is 1. The van der Waals surface area contributed by atoms with Crippen LogP contribution in [0.4, 0.5) is 5.82 Å². The van der Waals surface area contributed by atoms with Gasteiger partial charge < -0.3 is 9.64 Å². The minimum Gasteiger partial charge on any atom is -0.372 e. The number of thiocarbonyl (C=S) groups is 1. The van der Waals surface area contributed by atoms with E-state index < -0.39 is 0 Å². The highest BCUT2D eigenvalue weighted by Gasteiger charge is 2.37. The van der Waals surface area contributed by atoms with Crippen LogP contribution in [0.1, 0.15) is 62.4 Å². The van der Waals surface area contributed by atoms with Crippen LogP contribution in [0.2, 0.25) is 0 Å². The maximum absolute atomic E-state index is 13.7. The summed E-state index contributed by atoms with van der Waals surface area (Å²) in [5.74, 6) is 0.555. The Hall–Kier alpha value is -2.93. The van der Waals surface area contributed by atoms with Crippen LogP contribution in [0, 0.1) is 18.3 Å². The smallest absolute Gasteiger partial charge is 0.270 e. The van der Waals surface area contributed by atoms with Gasteiger partial charge in [0.1, 0.15) is 21.8 Å². The van der Waals surface area contributed by atoms with Crippen molar-refractivity contribution in [2.75, 3.05) is 18.0 Å². The Kier molecular flexibility index (Phi) is 8.22. The summed E-state index contributed by atoms with van der Waals surface area (Å²) in [5, 5.41) is 9.88. The zero-order chi connectivity index (χ0) is 26.9. The summed E-state index contributed by atoms with van der Waals surface area (Å²) in [6.45, 7) is 11.4. The number of thioether (sulfide) groups is 1. The van der Waals surface area contributed by atoms with Crippen molar-refractivity contribution in [2.45, 2.75) is 65.8 Å². The van der Waals surface area contributed by atoms with E-state index >= 15 is 0 Å². The van der Waals surface area contributed by atoms with Crippen molar-refractivity contribution in [1.29, 1.82) is 5.26 Å². The van der Waals surface area contributed by atoms with E-state index in [4.69, 9.17) is 17.0 Å². The largest absolute Gasteiger partial charge is 0.372 e. The number of nitrogens with zero attached hydrogens (tertiary/aromatic N) is 4.